The lowest BCUT2D eigenvalue weighted by Crippen LogP contribution is -2.26. The number of anilines is 3. The predicted molar refractivity (Wildman–Crippen MR) is 137 cm³/mol. The van der Waals surface area contributed by atoms with Crippen molar-refractivity contribution >= 4 is 49.8 Å². The molecule has 1 heterocycles. The Morgan fingerprint density at radius 1 is 1.21 bits per heavy atom. The van der Waals surface area contributed by atoms with E-state index in [4.69, 9.17) is 4.74 Å². The Balaban J connectivity index is 1.50. The molecule has 2 aromatic carbocycles. The van der Waals surface area contributed by atoms with E-state index in [1.807, 2.05) is 30.3 Å². The fraction of sp³-hybridized carbons (Fsp3) is 0.346. The molecular formula is C26H29BrN4O2. The van der Waals surface area contributed by atoms with Gasteiger partial charge >= 0.3 is 0 Å². The fourth-order valence-electron chi connectivity index (χ4n) is 4.43. The van der Waals surface area contributed by atoms with Gasteiger partial charge in [0.2, 0.25) is 0 Å². The van der Waals surface area contributed by atoms with Crippen molar-refractivity contribution in [1.82, 2.24) is 9.97 Å². The molecule has 0 aliphatic heterocycles. The summed E-state index contributed by atoms with van der Waals surface area (Å²) in [6.07, 6.45) is 8.95. The van der Waals surface area contributed by atoms with E-state index in [1.165, 1.54) is 6.08 Å². The number of halogens is 1. The molecular weight excluding hydrogens is 480 g/mol. The molecule has 0 amide bonds. The molecule has 1 aromatic heterocycles. The Morgan fingerprint density at radius 2 is 2.03 bits per heavy atom. The van der Waals surface area contributed by atoms with Crippen LogP contribution in [0.5, 0.6) is 5.75 Å². The van der Waals surface area contributed by atoms with Gasteiger partial charge in [0.1, 0.15) is 17.9 Å². The maximum absolute atomic E-state index is 11.5. The molecule has 0 spiro atoms. The van der Waals surface area contributed by atoms with Gasteiger partial charge in [-0.2, -0.15) is 0 Å². The zero-order valence-corrected chi connectivity index (χ0v) is 20.4. The zero-order chi connectivity index (χ0) is 23.2. The molecule has 1 aliphatic carbocycles. The van der Waals surface area contributed by atoms with Crippen LogP contribution < -0.4 is 15.4 Å². The molecule has 1 saturated carbocycles. The van der Waals surface area contributed by atoms with Crippen molar-refractivity contribution in [2.45, 2.75) is 44.6 Å². The van der Waals surface area contributed by atoms with Gasteiger partial charge in [-0.15, -0.1) is 0 Å². The minimum atomic E-state index is 0.144. The van der Waals surface area contributed by atoms with Gasteiger partial charge in [-0.25, -0.2) is 9.97 Å². The number of carbonyl (C=O) groups excluding carboxylic acids is 1. The summed E-state index contributed by atoms with van der Waals surface area (Å²) in [5.74, 6) is 2.28. The maximum atomic E-state index is 11.5. The number of aromatic nitrogens is 2. The lowest BCUT2D eigenvalue weighted by atomic mass is 9.83. The number of ether oxygens (including phenoxy) is 1. The number of carbonyl (C=O) groups is 1. The number of hydrogen-bond acceptors (Lipinski definition) is 6. The van der Waals surface area contributed by atoms with Crippen molar-refractivity contribution in [3.63, 3.8) is 0 Å². The molecule has 1 fully saturated rings. The summed E-state index contributed by atoms with van der Waals surface area (Å²) < 4.78 is 6.67. The van der Waals surface area contributed by atoms with E-state index in [9.17, 15) is 4.79 Å². The summed E-state index contributed by atoms with van der Waals surface area (Å²) in [5, 5.41) is 8.02. The van der Waals surface area contributed by atoms with E-state index in [1.54, 1.807) is 13.4 Å². The van der Waals surface area contributed by atoms with E-state index < -0.39 is 0 Å². The number of allylic oxidation sites excluding steroid dienone is 1. The minimum Gasteiger partial charge on any atom is -0.495 e. The van der Waals surface area contributed by atoms with Crippen LogP contribution in [0.25, 0.3) is 10.9 Å². The van der Waals surface area contributed by atoms with Gasteiger partial charge in [0.15, 0.2) is 5.78 Å². The molecule has 7 heteroatoms. The summed E-state index contributed by atoms with van der Waals surface area (Å²) in [6, 6.07) is 12.4. The molecule has 33 heavy (non-hydrogen) atoms. The first-order valence-electron chi connectivity index (χ1n) is 11.3. The van der Waals surface area contributed by atoms with Crippen molar-refractivity contribution in [2.75, 3.05) is 17.7 Å². The number of benzene rings is 2. The molecule has 4 rings (SSSR count). The van der Waals surface area contributed by atoms with Gasteiger partial charge in [0.05, 0.1) is 18.3 Å². The van der Waals surface area contributed by atoms with Crippen molar-refractivity contribution < 1.29 is 9.53 Å². The molecule has 0 atom stereocenters. The smallest absolute Gasteiger partial charge is 0.155 e. The van der Waals surface area contributed by atoms with Crippen LogP contribution in [0.1, 0.15) is 38.5 Å². The van der Waals surface area contributed by atoms with E-state index in [-0.39, 0.29) is 5.78 Å². The summed E-state index contributed by atoms with van der Waals surface area (Å²) in [5.41, 5.74) is 2.71. The first-order chi connectivity index (χ1) is 16.1. The van der Waals surface area contributed by atoms with Crippen LogP contribution in [0, 0.1) is 5.92 Å². The third kappa shape index (κ3) is 5.90. The van der Waals surface area contributed by atoms with Crippen molar-refractivity contribution in [2.24, 2.45) is 5.92 Å². The van der Waals surface area contributed by atoms with Crippen LogP contribution in [-0.2, 0) is 4.79 Å². The molecule has 0 unspecified atom stereocenters. The predicted octanol–water partition coefficient (Wildman–Crippen LogP) is 6.65. The Morgan fingerprint density at radius 3 is 2.76 bits per heavy atom. The molecule has 0 bridgehead atoms. The average molecular weight is 509 g/mol. The maximum Gasteiger partial charge on any atom is 0.155 e. The first-order valence-corrected chi connectivity index (χ1v) is 12.1. The molecule has 0 saturated heterocycles. The highest BCUT2D eigenvalue weighted by molar-refractivity contribution is 9.10. The van der Waals surface area contributed by atoms with Crippen LogP contribution in [0.15, 0.2) is 59.9 Å². The first kappa shape index (κ1) is 23.2. The van der Waals surface area contributed by atoms with Crippen LogP contribution in [0.4, 0.5) is 17.2 Å². The molecule has 3 aromatic rings. The number of nitrogens with zero attached hydrogens (tertiary/aromatic N) is 2. The Kier molecular flexibility index (Phi) is 7.60. The van der Waals surface area contributed by atoms with Crippen molar-refractivity contribution in [1.29, 1.82) is 0 Å². The number of rotatable bonds is 9. The topological polar surface area (TPSA) is 76.1 Å². The normalized spacial score (nSPS) is 18.0. The zero-order valence-electron chi connectivity index (χ0n) is 18.8. The van der Waals surface area contributed by atoms with Crippen LogP contribution in [0.3, 0.4) is 0 Å². The second kappa shape index (κ2) is 10.8. The van der Waals surface area contributed by atoms with E-state index >= 15 is 0 Å². The van der Waals surface area contributed by atoms with Crippen LogP contribution in [0.2, 0.25) is 0 Å². The highest BCUT2D eigenvalue weighted by atomic mass is 79.9. The molecule has 172 valence electrons. The van der Waals surface area contributed by atoms with Gasteiger partial charge in [0, 0.05) is 34.1 Å². The second-order valence-electron chi connectivity index (χ2n) is 8.50. The van der Waals surface area contributed by atoms with E-state index in [0.717, 1.165) is 70.4 Å². The molecule has 1 aliphatic rings. The Bertz CT molecular complexity index is 1140. The summed E-state index contributed by atoms with van der Waals surface area (Å²) in [4.78, 5) is 20.5. The van der Waals surface area contributed by atoms with Gasteiger partial charge in [0.25, 0.3) is 0 Å². The van der Waals surface area contributed by atoms with Crippen molar-refractivity contribution in [3.8, 4) is 5.75 Å². The Labute approximate surface area is 203 Å². The third-order valence-electron chi connectivity index (χ3n) is 6.28. The third-order valence-corrected chi connectivity index (χ3v) is 6.77. The lowest BCUT2D eigenvalue weighted by molar-refractivity contribution is -0.114. The highest BCUT2D eigenvalue weighted by Gasteiger charge is 2.22. The van der Waals surface area contributed by atoms with E-state index in [0.29, 0.717) is 18.4 Å². The second-order valence-corrected chi connectivity index (χ2v) is 9.41. The number of fused-ring (bicyclic) bond motifs is 1. The van der Waals surface area contributed by atoms with Crippen LogP contribution in [-0.4, -0.2) is 28.9 Å². The van der Waals surface area contributed by atoms with Gasteiger partial charge < -0.3 is 15.4 Å². The van der Waals surface area contributed by atoms with Crippen LogP contribution >= 0.6 is 15.9 Å². The summed E-state index contributed by atoms with van der Waals surface area (Å²) >= 11 is 3.52. The fourth-order valence-corrected chi connectivity index (χ4v) is 4.83. The highest BCUT2D eigenvalue weighted by Crippen LogP contribution is 2.36. The monoisotopic (exact) mass is 508 g/mol. The number of nitrogens with one attached hydrogen (secondary N) is 2. The van der Waals surface area contributed by atoms with Crippen molar-refractivity contribution in [3.05, 3.63) is 59.9 Å². The number of ketones is 1. The SMILES string of the molecule is C=CC(=O)CCC1CCC(Nc2cc3c(Nc4cccc(Br)c4)ncnc3cc2OC)CC1. The minimum absolute atomic E-state index is 0.144. The number of methoxy groups -OCH3 is 1. The van der Waals surface area contributed by atoms with E-state index in [2.05, 4.69) is 49.2 Å². The van der Waals surface area contributed by atoms with Gasteiger partial charge in [-0.05, 0) is 68.4 Å². The van der Waals surface area contributed by atoms with Gasteiger partial charge in [-0.1, -0.05) is 28.6 Å². The molecule has 6 nitrogen and oxygen atoms in total. The average Bonchev–Trinajstić information content (AvgIpc) is 2.83. The standard InChI is InChI=1S/C26H29BrN4O2/c1-3-21(32)12-9-17-7-10-19(11-8-17)30-24-14-22-23(15-25(24)33-2)28-16-29-26(22)31-20-6-4-5-18(27)13-20/h3-6,13-17,19,30H,1,7-12H2,2H3,(H,28,29,31). The lowest BCUT2D eigenvalue weighted by Gasteiger charge is -2.30. The number of hydrogen-bond donors (Lipinski definition) is 2. The Hall–Kier alpha value is -2.93. The largest absolute Gasteiger partial charge is 0.495 e. The molecule has 0 radical (unpaired) electrons. The van der Waals surface area contributed by atoms with Gasteiger partial charge in [-0.3, -0.25) is 4.79 Å². The quantitative estimate of drug-likeness (QED) is 0.315. The summed E-state index contributed by atoms with van der Waals surface area (Å²) in [6.45, 7) is 3.57. The summed E-state index contributed by atoms with van der Waals surface area (Å²) in [7, 11) is 1.68. The molecule has 2 N–H and O–H groups in total.